The molecule has 0 unspecified atom stereocenters. The minimum Gasteiger partial charge on any atom is -0.404 e. The number of ether oxygens (including phenoxy) is 1. The highest BCUT2D eigenvalue weighted by Crippen LogP contribution is 2.34. The van der Waals surface area contributed by atoms with Crippen molar-refractivity contribution >= 4 is 22.8 Å². The standard InChI is InChI=1S/C19H16F3N9O/c1-10(2)17-26-9-30(29-17)11-3-4-15(32-19(20,21)22)14(5-11)27-16-6-13(24)18-25-8-12(7-23)31(18)28-16/h3-6,8-10H,24H2,1-2H3,(H,27,28). The van der Waals surface area contributed by atoms with Crippen molar-refractivity contribution in [3.63, 3.8) is 0 Å². The normalized spacial score (nSPS) is 11.7. The van der Waals surface area contributed by atoms with Crippen LogP contribution in [0.5, 0.6) is 5.75 Å². The van der Waals surface area contributed by atoms with Gasteiger partial charge in [-0.05, 0) is 18.2 Å². The van der Waals surface area contributed by atoms with Gasteiger partial charge in [0.25, 0.3) is 0 Å². The van der Waals surface area contributed by atoms with Crippen molar-refractivity contribution in [3.05, 3.63) is 48.3 Å². The molecule has 0 saturated heterocycles. The van der Waals surface area contributed by atoms with Gasteiger partial charge in [0, 0.05) is 12.0 Å². The van der Waals surface area contributed by atoms with Crippen LogP contribution < -0.4 is 15.8 Å². The molecule has 3 N–H and O–H groups in total. The summed E-state index contributed by atoms with van der Waals surface area (Å²) in [7, 11) is 0. The minimum atomic E-state index is -4.91. The summed E-state index contributed by atoms with van der Waals surface area (Å²) in [6.45, 7) is 3.84. The topological polar surface area (TPSA) is 132 Å². The number of anilines is 3. The van der Waals surface area contributed by atoms with Crippen LogP contribution in [0.15, 0.2) is 36.8 Å². The molecule has 4 aromatic rings. The van der Waals surface area contributed by atoms with Gasteiger partial charge in [0.15, 0.2) is 28.7 Å². The quantitative estimate of drug-likeness (QED) is 0.479. The Morgan fingerprint density at radius 1 is 1.19 bits per heavy atom. The van der Waals surface area contributed by atoms with Gasteiger partial charge in [-0.15, -0.1) is 18.3 Å². The summed E-state index contributed by atoms with van der Waals surface area (Å²) in [5.41, 5.74) is 6.89. The largest absolute Gasteiger partial charge is 0.573 e. The first-order valence-corrected chi connectivity index (χ1v) is 9.27. The maximum Gasteiger partial charge on any atom is 0.573 e. The maximum atomic E-state index is 12.9. The predicted octanol–water partition coefficient (Wildman–Crippen LogP) is 3.53. The number of nitrogens with two attached hydrogens (primary N) is 1. The first-order chi connectivity index (χ1) is 15.1. The third-order valence-corrected chi connectivity index (χ3v) is 4.35. The Bertz CT molecular complexity index is 1330. The highest BCUT2D eigenvalue weighted by Gasteiger charge is 2.32. The van der Waals surface area contributed by atoms with Crippen LogP contribution in [-0.4, -0.2) is 35.7 Å². The van der Waals surface area contributed by atoms with Gasteiger partial charge < -0.3 is 15.8 Å². The molecule has 0 amide bonds. The number of imidazole rings is 1. The number of aromatic nitrogens is 6. The van der Waals surface area contributed by atoms with E-state index in [4.69, 9.17) is 5.73 Å². The second-order valence-electron chi connectivity index (χ2n) is 7.03. The molecule has 10 nitrogen and oxygen atoms in total. The molecule has 0 aliphatic rings. The second kappa shape index (κ2) is 7.73. The third-order valence-electron chi connectivity index (χ3n) is 4.35. The lowest BCUT2D eigenvalue weighted by atomic mass is 10.2. The summed E-state index contributed by atoms with van der Waals surface area (Å²) in [5, 5.41) is 20.5. The summed E-state index contributed by atoms with van der Waals surface area (Å²) >= 11 is 0. The lowest BCUT2D eigenvalue weighted by molar-refractivity contribution is -0.274. The molecule has 0 saturated carbocycles. The Hall–Kier alpha value is -4.34. The van der Waals surface area contributed by atoms with Crippen molar-refractivity contribution in [2.75, 3.05) is 11.1 Å². The summed E-state index contributed by atoms with van der Waals surface area (Å²) in [6.07, 6.45) is -2.16. The average Bonchev–Trinajstić information content (AvgIpc) is 3.36. The summed E-state index contributed by atoms with van der Waals surface area (Å²) < 4.78 is 45.6. The molecule has 32 heavy (non-hydrogen) atoms. The van der Waals surface area contributed by atoms with Gasteiger partial charge in [-0.1, -0.05) is 13.8 Å². The highest BCUT2D eigenvalue weighted by molar-refractivity contribution is 5.73. The van der Waals surface area contributed by atoms with Crippen molar-refractivity contribution in [1.82, 2.24) is 29.4 Å². The van der Waals surface area contributed by atoms with Gasteiger partial charge >= 0.3 is 6.36 Å². The van der Waals surface area contributed by atoms with E-state index in [1.807, 2.05) is 19.9 Å². The fourth-order valence-electron chi connectivity index (χ4n) is 2.90. The van der Waals surface area contributed by atoms with E-state index in [-0.39, 0.29) is 34.5 Å². The van der Waals surface area contributed by atoms with Crippen LogP contribution in [-0.2, 0) is 0 Å². The van der Waals surface area contributed by atoms with Crippen LogP contribution in [0, 0.1) is 11.3 Å². The Morgan fingerprint density at radius 3 is 2.62 bits per heavy atom. The lowest BCUT2D eigenvalue weighted by Crippen LogP contribution is -2.18. The molecule has 3 aromatic heterocycles. The number of rotatable bonds is 5. The van der Waals surface area contributed by atoms with Crippen LogP contribution in [0.3, 0.4) is 0 Å². The minimum absolute atomic E-state index is 0.0497. The van der Waals surface area contributed by atoms with Gasteiger partial charge in [-0.2, -0.15) is 14.9 Å². The van der Waals surface area contributed by atoms with Gasteiger partial charge in [0.1, 0.15) is 12.4 Å². The molecule has 0 aliphatic carbocycles. The Morgan fingerprint density at radius 2 is 1.97 bits per heavy atom. The van der Waals surface area contributed by atoms with E-state index < -0.39 is 12.1 Å². The van der Waals surface area contributed by atoms with Crippen LogP contribution in [0.2, 0.25) is 0 Å². The molecule has 4 rings (SSSR count). The molecule has 0 spiro atoms. The van der Waals surface area contributed by atoms with E-state index >= 15 is 0 Å². The fourth-order valence-corrected chi connectivity index (χ4v) is 2.90. The SMILES string of the molecule is CC(C)c1ncn(-c2ccc(OC(F)(F)F)c(Nc3cc(N)c4ncc(C#N)n4n3)c2)n1. The molecule has 164 valence electrons. The average molecular weight is 443 g/mol. The molecule has 0 radical (unpaired) electrons. The second-order valence-corrected chi connectivity index (χ2v) is 7.03. The zero-order chi connectivity index (χ0) is 23.0. The highest BCUT2D eigenvalue weighted by atomic mass is 19.4. The van der Waals surface area contributed by atoms with Crippen LogP contribution in [0.25, 0.3) is 11.3 Å². The zero-order valence-electron chi connectivity index (χ0n) is 16.8. The van der Waals surface area contributed by atoms with Crippen LogP contribution in [0.1, 0.15) is 31.3 Å². The molecular formula is C19H16F3N9O. The molecule has 0 fully saturated rings. The van der Waals surface area contributed by atoms with Gasteiger partial charge in [-0.3, -0.25) is 0 Å². The number of alkyl halides is 3. The number of hydrogen-bond donors (Lipinski definition) is 2. The van der Waals surface area contributed by atoms with Crippen molar-refractivity contribution < 1.29 is 17.9 Å². The molecule has 3 heterocycles. The molecule has 0 atom stereocenters. The van der Waals surface area contributed by atoms with E-state index in [1.54, 1.807) is 0 Å². The molecule has 1 aromatic carbocycles. The first-order valence-electron chi connectivity index (χ1n) is 9.27. The number of nitrogens with one attached hydrogen (secondary N) is 1. The molecular weight excluding hydrogens is 427 g/mol. The number of nitriles is 1. The first kappa shape index (κ1) is 20.9. The Labute approximate surface area is 179 Å². The van der Waals surface area contributed by atoms with Crippen LogP contribution >= 0.6 is 0 Å². The fraction of sp³-hybridized carbons (Fsp3) is 0.211. The monoisotopic (exact) mass is 443 g/mol. The Kier molecular flexibility index (Phi) is 5.05. The number of hydrogen-bond acceptors (Lipinski definition) is 8. The van der Waals surface area contributed by atoms with Crippen molar-refractivity contribution in [2.24, 2.45) is 0 Å². The number of benzene rings is 1. The summed E-state index contributed by atoms with van der Waals surface area (Å²) in [5.74, 6) is 0.247. The predicted molar refractivity (Wildman–Crippen MR) is 108 cm³/mol. The number of halogens is 3. The maximum absolute atomic E-state index is 12.9. The number of fused-ring (bicyclic) bond motifs is 1. The molecule has 13 heteroatoms. The number of nitrogens with zero attached hydrogens (tertiary/aromatic N) is 7. The van der Waals surface area contributed by atoms with Gasteiger partial charge in [0.2, 0.25) is 0 Å². The number of nitrogen functional groups attached to an aromatic ring is 1. The van der Waals surface area contributed by atoms with Crippen molar-refractivity contribution in [2.45, 2.75) is 26.1 Å². The van der Waals surface area contributed by atoms with E-state index in [0.29, 0.717) is 11.5 Å². The third kappa shape index (κ3) is 4.10. The molecule has 0 bridgehead atoms. The molecule has 0 aliphatic heterocycles. The van der Waals surface area contributed by atoms with E-state index in [0.717, 1.165) is 6.07 Å². The lowest BCUT2D eigenvalue weighted by Gasteiger charge is -2.16. The summed E-state index contributed by atoms with van der Waals surface area (Å²) in [4.78, 5) is 8.20. The van der Waals surface area contributed by atoms with E-state index in [9.17, 15) is 18.4 Å². The van der Waals surface area contributed by atoms with E-state index in [1.165, 1.54) is 39.9 Å². The van der Waals surface area contributed by atoms with Crippen molar-refractivity contribution in [1.29, 1.82) is 5.26 Å². The Balaban J connectivity index is 1.78. The van der Waals surface area contributed by atoms with Gasteiger partial charge in [-0.25, -0.2) is 14.6 Å². The summed E-state index contributed by atoms with van der Waals surface area (Å²) in [6, 6.07) is 7.28. The smallest absolute Gasteiger partial charge is 0.404 e. The van der Waals surface area contributed by atoms with E-state index in [2.05, 4.69) is 30.2 Å². The van der Waals surface area contributed by atoms with Gasteiger partial charge in [0.05, 0.1) is 23.3 Å². The van der Waals surface area contributed by atoms with Crippen LogP contribution in [0.4, 0.5) is 30.4 Å². The zero-order valence-corrected chi connectivity index (χ0v) is 16.8. The van der Waals surface area contributed by atoms with Crippen molar-refractivity contribution in [3.8, 4) is 17.5 Å².